The average Bonchev–Trinajstić information content (AvgIpc) is 2.40. The molecule has 0 heterocycles. The SMILES string of the molecule is CC(Cc1ccc(Cl)cc1Cl)C(=O)N(C)CC(C)(C)CN.Cl. The Morgan fingerprint density at radius 1 is 1.36 bits per heavy atom. The molecule has 0 saturated carbocycles. The fourth-order valence-corrected chi connectivity index (χ4v) is 2.75. The zero-order chi connectivity index (χ0) is 16.2. The van der Waals surface area contributed by atoms with E-state index in [2.05, 4.69) is 13.8 Å². The number of amides is 1. The van der Waals surface area contributed by atoms with Crippen molar-refractivity contribution in [1.82, 2.24) is 4.90 Å². The van der Waals surface area contributed by atoms with E-state index in [1.807, 2.05) is 20.0 Å². The summed E-state index contributed by atoms with van der Waals surface area (Å²) in [7, 11) is 1.82. The molecule has 0 radical (unpaired) electrons. The van der Waals surface area contributed by atoms with Gasteiger partial charge in [-0.05, 0) is 36.1 Å². The number of nitrogens with two attached hydrogens (primary N) is 1. The highest BCUT2D eigenvalue weighted by Gasteiger charge is 2.24. The summed E-state index contributed by atoms with van der Waals surface area (Å²) in [6.45, 7) is 7.21. The van der Waals surface area contributed by atoms with Crippen LogP contribution in [0.15, 0.2) is 18.2 Å². The summed E-state index contributed by atoms with van der Waals surface area (Å²) >= 11 is 12.0. The first kappa shape index (κ1) is 21.5. The molecule has 0 aliphatic carbocycles. The third-order valence-corrected chi connectivity index (χ3v) is 4.14. The van der Waals surface area contributed by atoms with E-state index in [1.54, 1.807) is 17.0 Å². The van der Waals surface area contributed by atoms with Crippen LogP contribution in [0.2, 0.25) is 10.0 Å². The first-order valence-corrected chi connectivity index (χ1v) is 7.81. The van der Waals surface area contributed by atoms with Crippen molar-refractivity contribution >= 4 is 41.5 Å². The second kappa shape index (κ2) is 8.97. The van der Waals surface area contributed by atoms with Crippen LogP contribution in [0.4, 0.5) is 0 Å². The van der Waals surface area contributed by atoms with E-state index in [9.17, 15) is 4.79 Å². The van der Waals surface area contributed by atoms with Crippen LogP contribution in [0.3, 0.4) is 0 Å². The molecule has 1 atom stereocenters. The molecule has 22 heavy (non-hydrogen) atoms. The van der Waals surface area contributed by atoms with Crippen molar-refractivity contribution in [2.45, 2.75) is 27.2 Å². The molecule has 1 aromatic carbocycles. The lowest BCUT2D eigenvalue weighted by Crippen LogP contribution is -2.42. The molecule has 0 aliphatic heterocycles. The number of carbonyl (C=O) groups excluding carboxylic acids is 1. The molecule has 0 saturated heterocycles. The van der Waals surface area contributed by atoms with Crippen LogP contribution in [0.1, 0.15) is 26.3 Å². The molecular formula is C16H25Cl3N2O. The van der Waals surface area contributed by atoms with Crippen LogP contribution < -0.4 is 5.73 Å². The number of halogens is 3. The molecule has 126 valence electrons. The van der Waals surface area contributed by atoms with E-state index >= 15 is 0 Å². The van der Waals surface area contributed by atoms with Crippen molar-refractivity contribution in [3.8, 4) is 0 Å². The van der Waals surface area contributed by atoms with Crippen molar-refractivity contribution in [2.75, 3.05) is 20.1 Å². The molecular weight excluding hydrogens is 343 g/mol. The van der Waals surface area contributed by atoms with Gasteiger partial charge in [-0.25, -0.2) is 0 Å². The van der Waals surface area contributed by atoms with E-state index in [4.69, 9.17) is 28.9 Å². The first-order valence-electron chi connectivity index (χ1n) is 7.05. The second-order valence-corrected chi connectivity index (χ2v) is 7.25. The van der Waals surface area contributed by atoms with Gasteiger partial charge in [-0.2, -0.15) is 0 Å². The number of hydrogen-bond donors (Lipinski definition) is 1. The summed E-state index contributed by atoms with van der Waals surface area (Å²) in [4.78, 5) is 14.2. The van der Waals surface area contributed by atoms with Crippen molar-refractivity contribution in [3.63, 3.8) is 0 Å². The molecule has 6 heteroatoms. The normalized spacial score (nSPS) is 12.5. The highest BCUT2D eigenvalue weighted by atomic mass is 35.5. The molecule has 0 fully saturated rings. The molecule has 1 rings (SSSR count). The average molecular weight is 368 g/mol. The highest BCUT2D eigenvalue weighted by molar-refractivity contribution is 6.35. The maximum absolute atomic E-state index is 12.4. The Kier molecular flexibility index (Phi) is 8.78. The van der Waals surface area contributed by atoms with Crippen LogP contribution >= 0.6 is 35.6 Å². The van der Waals surface area contributed by atoms with E-state index in [0.29, 0.717) is 29.6 Å². The fraction of sp³-hybridized carbons (Fsp3) is 0.562. The third kappa shape index (κ3) is 6.33. The topological polar surface area (TPSA) is 46.3 Å². The number of nitrogens with zero attached hydrogens (tertiary/aromatic N) is 1. The minimum atomic E-state index is -0.137. The van der Waals surface area contributed by atoms with Crippen molar-refractivity contribution < 1.29 is 4.79 Å². The Labute approximate surface area is 149 Å². The van der Waals surface area contributed by atoms with Gasteiger partial charge in [0.15, 0.2) is 0 Å². The lowest BCUT2D eigenvalue weighted by Gasteiger charge is -2.30. The van der Waals surface area contributed by atoms with Gasteiger partial charge in [-0.1, -0.05) is 50.0 Å². The largest absolute Gasteiger partial charge is 0.345 e. The highest BCUT2D eigenvalue weighted by Crippen LogP contribution is 2.24. The zero-order valence-electron chi connectivity index (χ0n) is 13.5. The molecule has 2 N–H and O–H groups in total. The van der Waals surface area contributed by atoms with Crippen LogP contribution in [0.25, 0.3) is 0 Å². The summed E-state index contributed by atoms with van der Waals surface area (Å²) in [5.74, 6) is -0.0372. The van der Waals surface area contributed by atoms with Crippen molar-refractivity contribution in [1.29, 1.82) is 0 Å². The smallest absolute Gasteiger partial charge is 0.225 e. The van der Waals surface area contributed by atoms with Crippen LogP contribution in [0.5, 0.6) is 0 Å². The Bertz CT molecular complexity index is 506. The predicted molar refractivity (Wildman–Crippen MR) is 97.1 cm³/mol. The van der Waals surface area contributed by atoms with Crippen molar-refractivity contribution in [2.24, 2.45) is 17.1 Å². The standard InChI is InChI=1S/C16H24Cl2N2O.ClH/c1-11(7-12-5-6-13(17)8-14(12)18)15(21)20(4)10-16(2,3)9-19;/h5-6,8,11H,7,9-10,19H2,1-4H3;1H. The Hall–Kier alpha value is -0.480. The summed E-state index contributed by atoms with van der Waals surface area (Å²) < 4.78 is 0. The maximum Gasteiger partial charge on any atom is 0.225 e. The van der Waals surface area contributed by atoms with Gasteiger partial charge in [0.1, 0.15) is 0 Å². The van der Waals surface area contributed by atoms with Gasteiger partial charge in [0, 0.05) is 29.6 Å². The minimum Gasteiger partial charge on any atom is -0.345 e. The van der Waals surface area contributed by atoms with Gasteiger partial charge >= 0.3 is 0 Å². The third-order valence-electron chi connectivity index (χ3n) is 3.56. The zero-order valence-corrected chi connectivity index (χ0v) is 15.9. The van der Waals surface area contributed by atoms with E-state index in [-0.39, 0.29) is 29.6 Å². The first-order chi connectivity index (χ1) is 9.66. The van der Waals surface area contributed by atoms with Gasteiger partial charge in [0.25, 0.3) is 0 Å². The fourth-order valence-electron chi connectivity index (χ4n) is 2.27. The molecule has 3 nitrogen and oxygen atoms in total. The summed E-state index contributed by atoms with van der Waals surface area (Å²) in [6, 6.07) is 5.37. The molecule has 0 aromatic heterocycles. The van der Waals surface area contributed by atoms with Gasteiger partial charge in [0.05, 0.1) is 0 Å². The number of carbonyl (C=O) groups is 1. The maximum atomic E-state index is 12.4. The Morgan fingerprint density at radius 3 is 2.45 bits per heavy atom. The Morgan fingerprint density at radius 2 is 1.95 bits per heavy atom. The van der Waals surface area contributed by atoms with Gasteiger partial charge in [-0.15, -0.1) is 12.4 Å². The van der Waals surface area contributed by atoms with E-state index < -0.39 is 0 Å². The molecule has 0 bridgehead atoms. The lowest BCUT2D eigenvalue weighted by molar-refractivity contribution is -0.134. The lowest BCUT2D eigenvalue weighted by atomic mass is 9.92. The van der Waals surface area contributed by atoms with E-state index in [0.717, 1.165) is 5.56 Å². The minimum absolute atomic E-state index is 0. The monoisotopic (exact) mass is 366 g/mol. The van der Waals surface area contributed by atoms with Crippen molar-refractivity contribution in [3.05, 3.63) is 33.8 Å². The molecule has 1 aromatic rings. The quantitative estimate of drug-likeness (QED) is 0.825. The van der Waals surface area contributed by atoms with Gasteiger partial charge in [-0.3, -0.25) is 4.79 Å². The Balaban J connectivity index is 0.00000441. The summed E-state index contributed by atoms with van der Waals surface area (Å²) in [6.07, 6.45) is 0.599. The summed E-state index contributed by atoms with van der Waals surface area (Å²) in [5.41, 5.74) is 6.58. The molecule has 1 amide bonds. The van der Waals surface area contributed by atoms with E-state index in [1.165, 1.54) is 0 Å². The van der Waals surface area contributed by atoms with Gasteiger partial charge in [0.2, 0.25) is 5.91 Å². The molecule has 0 spiro atoms. The second-order valence-electron chi connectivity index (χ2n) is 6.40. The molecule has 1 unspecified atom stereocenters. The number of benzene rings is 1. The number of rotatable bonds is 6. The van der Waals surface area contributed by atoms with Crippen LogP contribution in [0, 0.1) is 11.3 Å². The predicted octanol–water partition coefficient (Wildman–Crippen LogP) is 4.04. The van der Waals surface area contributed by atoms with Gasteiger partial charge < -0.3 is 10.6 Å². The van der Waals surface area contributed by atoms with Crippen LogP contribution in [-0.4, -0.2) is 30.9 Å². The summed E-state index contributed by atoms with van der Waals surface area (Å²) in [5, 5.41) is 1.21. The number of hydrogen-bond acceptors (Lipinski definition) is 2. The molecule has 0 aliphatic rings. The van der Waals surface area contributed by atoms with Crippen LogP contribution in [-0.2, 0) is 11.2 Å².